The lowest BCUT2D eigenvalue weighted by atomic mass is 10.1. The van der Waals surface area contributed by atoms with Crippen LogP contribution in [0.25, 0.3) is 0 Å². The van der Waals surface area contributed by atoms with Crippen LogP contribution in [0.5, 0.6) is 0 Å². The summed E-state index contributed by atoms with van der Waals surface area (Å²) in [6.07, 6.45) is 0.888. The van der Waals surface area contributed by atoms with E-state index in [-0.39, 0.29) is 26.2 Å². The van der Waals surface area contributed by atoms with Gasteiger partial charge in [0.05, 0.1) is 4.92 Å². The zero-order chi connectivity index (χ0) is 21.3. The predicted octanol–water partition coefficient (Wildman–Crippen LogP) is 2.24. The monoisotopic (exact) mass is 425 g/mol. The summed E-state index contributed by atoms with van der Waals surface area (Å²) in [6, 6.07) is 6.97. The molecule has 0 atom stereocenters. The van der Waals surface area contributed by atoms with Gasteiger partial charge in [0.2, 0.25) is 0 Å². The molecule has 29 heavy (non-hydrogen) atoms. The molecule has 0 saturated carbocycles. The van der Waals surface area contributed by atoms with Crippen LogP contribution in [-0.2, 0) is 9.84 Å². The van der Waals surface area contributed by atoms with E-state index in [1.54, 1.807) is 4.90 Å². The number of carbonyl (C=O) groups excluding carboxylic acids is 1. The van der Waals surface area contributed by atoms with Crippen molar-refractivity contribution in [2.75, 3.05) is 37.3 Å². The Morgan fingerprint density at radius 2 is 1.66 bits per heavy atom. The van der Waals surface area contributed by atoms with Gasteiger partial charge in [-0.3, -0.25) is 14.9 Å². The summed E-state index contributed by atoms with van der Waals surface area (Å²) in [5.74, 6) is -2.64. The first-order chi connectivity index (χ1) is 13.6. The predicted molar refractivity (Wildman–Crippen MR) is 101 cm³/mol. The molecule has 8 nitrogen and oxygen atoms in total. The fourth-order valence-corrected chi connectivity index (χ4v) is 4.03. The lowest BCUT2D eigenvalue weighted by Gasteiger charge is -2.36. The molecule has 0 spiro atoms. The molecule has 0 aliphatic carbocycles. The largest absolute Gasteiger partial charge is 0.368 e. The summed E-state index contributed by atoms with van der Waals surface area (Å²) in [6.45, 7) is 0.835. The number of hydrogen-bond donors (Lipinski definition) is 0. The molecule has 2 aromatic rings. The zero-order valence-corrected chi connectivity index (χ0v) is 16.2. The number of piperazine rings is 1. The Labute approximate surface area is 165 Å². The molecule has 0 aromatic heterocycles. The number of nitro groups is 1. The Balaban J connectivity index is 1.79. The van der Waals surface area contributed by atoms with Gasteiger partial charge in [0, 0.05) is 44.2 Å². The Bertz CT molecular complexity index is 1060. The van der Waals surface area contributed by atoms with E-state index >= 15 is 0 Å². The average Bonchev–Trinajstić information content (AvgIpc) is 2.66. The van der Waals surface area contributed by atoms with Gasteiger partial charge in [-0.1, -0.05) is 6.07 Å². The van der Waals surface area contributed by atoms with Gasteiger partial charge in [0.25, 0.3) is 11.6 Å². The molecule has 1 saturated heterocycles. The highest BCUT2D eigenvalue weighted by molar-refractivity contribution is 7.90. The van der Waals surface area contributed by atoms with E-state index in [2.05, 4.69) is 0 Å². The van der Waals surface area contributed by atoms with Crippen molar-refractivity contribution in [3.05, 3.63) is 63.7 Å². The molecule has 1 fully saturated rings. The molecule has 11 heteroatoms. The minimum Gasteiger partial charge on any atom is -0.368 e. The summed E-state index contributed by atoms with van der Waals surface area (Å²) >= 11 is 0. The molecule has 0 unspecified atom stereocenters. The van der Waals surface area contributed by atoms with Gasteiger partial charge in [0.1, 0.15) is 22.1 Å². The minimum absolute atomic E-state index is 0.151. The maximum Gasteiger partial charge on any atom is 0.288 e. The molecule has 2 aromatic carbocycles. The number of sulfone groups is 1. The van der Waals surface area contributed by atoms with Crippen LogP contribution < -0.4 is 4.90 Å². The molecular formula is C18H17F2N3O5S. The zero-order valence-electron chi connectivity index (χ0n) is 15.3. The van der Waals surface area contributed by atoms with Crippen molar-refractivity contribution < 1.29 is 26.9 Å². The number of amides is 1. The number of carbonyl (C=O) groups is 1. The van der Waals surface area contributed by atoms with Crippen molar-refractivity contribution in [3.63, 3.8) is 0 Å². The lowest BCUT2D eigenvalue weighted by Crippen LogP contribution is -2.49. The van der Waals surface area contributed by atoms with Crippen LogP contribution in [0.4, 0.5) is 20.2 Å². The Morgan fingerprint density at radius 3 is 2.17 bits per heavy atom. The highest BCUT2D eigenvalue weighted by Crippen LogP contribution is 2.29. The standard InChI is InChI=1S/C18H17F2N3O5S/c1-29(27,28)16-11-12(5-6-15(16)23(25)26)21-7-9-22(10-8-21)18(24)17-13(19)3-2-4-14(17)20/h2-6,11H,7-10H2,1H3. The highest BCUT2D eigenvalue weighted by Gasteiger charge is 2.28. The van der Waals surface area contributed by atoms with Gasteiger partial charge in [-0.25, -0.2) is 17.2 Å². The lowest BCUT2D eigenvalue weighted by molar-refractivity contribution is -0.387. The smallest absolute Gasteiger partial charge is 0.288 e. The second-order valence-corrected chi connectivity index (χ2v) is 8.54. The van der Waals surface area contributed by atoms with Crippen molar-refractivity contribution >= 4 is 27.1 Å². The summed E-state index contributed by atoms with van der Waals surface area (Å²) in [5, 5.41) is 11.1. The third-order valence-corrected chi connectivity index (χ3v) is 5.77. The number of benzene rings is 2. The van der Waals surface area contributed by atoms with Crippen molar-refractivity contribution in [1.29, 1.82) is 0 Å². The van der Waals surface area contributed by atoms with Crippen LogP contribution in [0.15, 0.2) is 41.3 Å². The number of anilines is 1. The van der Waals surface area contributed by atoms with Gasteiger partial charge in [0.15, 0.2) is 9.84 Å². The van der Waals surface area contributed by atoms with E-state index in [1.165, 1.54) is 23.1 Å². The van der Waals surface area contributed by atoms with E-state index in [0.717, 1.165) is 24.5 Å². The fraction of sp³-hybridized carbons (Fsp3) is 0.278. The highest BCUT2D eigenvalue weighted by atomic mass is 32.2. The molecule has 154 valence electrons. The molecule has 1 aliphatic heterocycles. The molecule has 1 aliphatic rings. The molecule has 1 amide bonds. The van der Waals surface area contributed by atoms with E-state index in [1.807, 2.05) is 0 Å². The molecule has 0 N–H and O–H groups in total. The number of nitrogens with zero attached hydrogens (tertiary/aromatic N) is 3. The van der Waals surface area contributed by atoms with Crippen LogP contribution in [0.2, 0.25) is 0 Å². The molecular weight excluding hydrogens is 408 g/mol. The fourth-order valence-electron chi connectivity index (χ4n) is 3.18. The SMILES string of the molecule is CS(=O)(=O)c1cc(N2CCN(C(=O)c3c(F)cccc3F)CC2)ccc1[N+](=O)[O-]. The Hall–Kier alpha value is -3.08. The van der Waals surface area contributed by atoms with Crippen molar-refractivity contribution in [2.24, 2.45) is 0 Å². The second-order valence-electron chi connectivity index (χ2n) is 6.56. The van der Waals surface area contributed by atoms with Gasteiger partial charge >= 0.3 is 0 Å². The molecule has 1 heterocycles. The number of rotatable bonds is 4. The number of halogens is 2. The summed E-state index contributed by atoms with van der Waals surface area (Å²) in [5.41, 5.74) is -0.684. The van der Waals surface area contributed by atoms with Crippen molar-refractivity contribution in [1.82, 2.24) is 4.90 Å². The van der Waals surface area contributed by atoms with E-state index < -0.39 is 48.4 Å². The molecule has 0 radical (unpaired) electrons. The van der Waals surface area contributed by atoms with Crippen molar-refractivity contribution in [2.45, 2.75) is 4.90 Å². The average molecular weight is 425 g/mol. The van der Waals surface area contributed by atoms with Crippen LogP contribution in [0.1, 0.15) is 10.4 Å². The third-order valence-electron chi connectivity index (χ3n) is 4.65. The van der Waals surface area contributed by atoms with Crippen LogP contribution in [0, 0.1) is 21.7 Å². The maximum absolute atomic E-state index is 13.8. The normalized spacial score (nSPS) is 14.7. The maximum atomic E-state index is 13.8. The van der Waals surface area contributed by atoms with Gasteiger partial charge in [-0.15, -0.1) is 0 Å². The molecule has 0 bridgehead atoms. The second kappa shape index (κ2) is 7.74. The van der Waals surface area contributed by atoms with Crippen LogP contribution in [0.3, 0.4) is 0 Å². The summed E-state index contributed by atoms with van der Waals surface area (Å²) in [7, 11) is -3.83. The van der Waals surface area contributed by atoms with Crippen LogP contribution in [-0.4, -0.2) is 56.6 Å². The Kier molecular flexibility index (Phi) is 5.51. The van der Waals surface area contributed by atoms with Crippen LogP contribution >= 0.6 is 0 Å². The minimum atomic E-state index is -3.83. The third kappa shape index (κ3) is 4.19. The van der Waals surface area contributed by atoms with Gasteiger partial charge in [-0.2, -0.15) is 0 Å². The first-order valence-corrected chi connectivity index (χ1v) is 10.5. The van der Waals surface area contributed by atoms with Gasteiger partial charge < -0.3 is 9.80 Å². The molecule has 3 rings (SSSR count). The van der Waals surface area contributed by atoms with Gasteiger partial charge in [-0.05, 0) is 24.3 Å². The van der Waals surface area contributed by atoms with E-state index in [0.29, 0.717) is 5.69 Å². The van der Waals surface area contributed by atoms with E-state index in [4.69, 9.17) is 0 Å². The topological polar surface area (TPSA) is 101 Å². The first-order valence-electron chi connectivity index (χ1n) is 8.56. The van der Waals surface area contributed by atoms with E-state index in [9.17, 15) is 32.1 Å². The Morgan fingerprint density at radius 1 is 1.07 bits per heavy atom. The summed E-state index contributed by atoms with van der Waals surface area (Å²) < 4.78 is 51.5. The van der Waals surface area contributed by atoms with Crippen molar-refractivity contribution in [3.8, 4) is 0 Å². The number of nitro benzene ring substituents is 1. The first kappa shape index (κ1) is 20.6. The quantitative estimate of drug-likeness (QED) is 0.550. The summed E-state index contributed by atoms with van der Waals surface area (Å²) in [4.78, 5) is 25.4. The number of hydrogen-bond acceptors (Lipinski definition) is 6.